The fourth-order valence-corrected chi connectivity index (χ4v) is 3.63. The molecule has 0 saturated carbocycles. The predicted molar refractivity (Wildman–Crippen MR) is 66.1 cm³/mol. The lowest BCUT2D eigenvalue weighted by Crippen LogP contribution is -2.88. The van der Waals surface area contributed by atoms with Crippen LogP contribution in [0.4, 0.5) is 0 Å². The molecule has 4 rings (SSSR count). The number of aryl methyl sites for hydroxylation is 1. The summed E-state index contributed by atoms with van der Waals surface area (Å²) in [6, 6.07) is 6.48. The molecule has 2 aliphatic rings. The van der Waals surface area contributed by atoms with Gasteiger partial charge in [0.2, 0.25) is 0 Å². The smallest absolute Gasteiger partial charge is 0.127 e. The zero-order valence-corrected chi connectivity index (χ0v) is 9.82. The number of hydrogen-bond donors (Lipinski definition) is 2. The molecular formula is C14H17N2O+. The maximum atomic E-state index is 9.68. The highest BCUT2D eigenvalue weighted by atomic mass is 16.3. The summed E-state index contributed by atoms with van der Waals surface area (Å²) in [5, 5.41) is 13.4. The number of benzene rings is 1. The van der Waals surface area contributed by atoms with Crippen LogP contribution in [0.3, 0.4) is 0 Å². The first-order valence-electron chi connectivity index (χ1n) is 6.52. The lowest BCUT2D eigenvalue weighted by Gasteiger charge is -2.27. The van der Waals surface area contributed by atoms with Gasteiger partial charge in [-0.05, 0) is 36.6 Å². The van der Waals surface area contributed by atoms with Gasteiger partial charge in [0.25, 0.3) is 0 Å². The van der Waals surface area contributed by atoms with Crippen molar-refractivity contribution in [2.45, 2.75) is 31.8 Å². The minimum Gasteiger partial charge on any atom is -0.508 e. The van der Waals surface area contributed by atoms with E-state index in [0.717, 1.165) is 6.54 Å². The van der Waals surface area contributed by atoms with E-state index in [1.54, 1.807) is 0 Å². The largest absolute Gasteiger partial charge is 0.508 e. The summed E-state index contributed by atoms with van der Waals surface area (Å²) in [4.78, 5) is 0. The first-order chi connectivity index (χ1) is 8.34. The molecule has 1 unspecified atom stereocenters. The molecule has 0 amide bonds. The van der Waals surface area contributed by atoms with Crippen molar-refractivity contribution < 1.29 is 10.4 Å². The molecule has 1 aromatic heterocycles. The Balaban J connectivity index is 2.11. The van der Waals surface area contributed by atoms with Crippen molar-refractivity contribution in [2.75, 3.05) is 6.54 Å². The lowest BCUT2D eigenvalue weighted by molar-refractivity contribution is -0.704. The standard InChI is InChI=1S/C14H16N2O/c17-9-4-5-13-11(8-9)10-2-1-3-12-14(10)16(13)7-6-15-12/h4-5,8,12,15,17H,1-3,6-7H2/p+1. The highest BCUT2D eigenvalue weighted by molar-refractivity contribution is 5.87. The van der Waals surface area contributed by atoms with E-state index in [4.69, 9.17) is 0 Å². The Labute approximate surface area is 100 Å². The predicted octanol–water partition coefficient (Wildman–Crippen LogP) is 1.30. The van der Waals surface area contributed by atoms with E-state index < -0.39 is 0 Å². The Hall–Kier alpha value is -1.48. The lowest BCUT2D eigenvalue weighted by atomic mass is 9.91. The molecule has 3 heteroatoms. The monoisotopic (exact) mass is 229 g/mol. The summed E-state index contributed by atoms with van der Waals surface area (Å²) in [6.07, 6.45) is 3.75. The topological polar surface area (TPSA) is 41.8 Å². The SMILES string of the molecule is Oc1ccc2c(c1)c1c3n2CC[NH2+]C3CCC1. The Morgan fingerprint density at radius 2 is 2.29 bits per heavy atom. The number of fused-ring (bicyclic) bond motifs is 3. The van der Waals surface area contributed by atoms with Crippen LogP contribution in [0, 0.1) is 0 Å². The van der Waals surface area contributed by atoms with Crippen LogP contribution in [0.2, 0.25) is 0 Å². The van der Waals surface area contributed by atoms with Gasteiger partial charge in [-0.3, -0.25) is 0 Å². The van der Waals surface area contributed by atoms with Crippen molar-refractivity contribution in [3.05, 3.63) is 29.5 Å². The van der Waals surface area contributed by atoms with Gasteiger partial charge in [0.1, 0.15) is 11.8 Å². The minimum atomic E-state index is 0.391. The second-order valence-electron chi connectivity index (χ2n) is 5.24. The van der Waals surface area contributed by atoms with E-state index in [9.17, 15) is 5.11 Å². The van der Waals surface area contributed by atoms with Gasteiger partial charge in [-0.15, -0.1) is 0 Å². The fourth-order valence-electron chi connectivity index (χ4n) is 3.63. The molecule has 0 radical (unpaired) electrons. The van der Waals surface area contributed by atoms with Crippen molar-refractivity contribution in [3.8, 4) is 5.75 Å². The number of nitrogens with zero attached hydrogens (tertiary/aromatic N) is 1. The maximum Gasteiger partial charge on any atom is 0.127 e. The molecule has 17 heavy (non-hydrogen) atoms. The second-order valence-corrected chi connectivity index (χ2v) is 5.24. The fraction of sp³-hybridized carbons (Fsp3) is 0.429. The second kappa shape index (κ2) is 3.26. The van der Waals surface area contributed by atoms with Crippen LogP contribution in [0.25, 0.3) is 10.9 Å². The molecule has 0 fully saturated rings. The van der Waals surface area contributed by atoms with Crippen LogP contribution in [0.1, 0.15) is 30.1 Å². The quantitative estimate of drug-likeness (QED) is 0.702. The van der Waals surface area contributed by atoms with Crippen LogP contribution < -0.4 is 5.32 Å². The molecule has 3 N–H and O–H groups in total. The molecular weight excluding hydrogens is 212 g/mol. The molecule has 3 nitrogen and oxygen atoms in total. The average Bonchev–Trinajstić information content (AvgIpc) is 2.67. The van der Waals surface area contributed by atoms with Gasteiger partial charge < -0.3 is 15.0 Å². The van der Waals surface area contributed by atoms with E-state index in [0.29, 0.717) is 11.8 Å². The molecule has 1 aliphatic carbocycles. The van der Waals surface area contributed by atoms with Gasteiger partial charge in [0.05, 0.1) is 18.8 Å². The molecule has 1 aliphatic heterocycles. The van der Waals surface area contributed by atoms with Crippen LogP contribution in [0.5, 0.6) is 5.75 Å². The number of hydrogen-bond acceptors (Lipinski definition) is 1. The van der Waals surface area contributed by atoms with Gasteiger partial charge >= 0.3 is 0 Å². The van der Waals surface area contributed by atoms with Gasteiger partial charge in [-0.1, -0.05) is 0 Å². The summed E-state index contributed by atoms with van der Waals surface area (Å²) in [6.45, 7) is 2.29. The minimum absolute atomic E-state index is 0.391. The van der Waals surface area contributed by atoms with E-state index in [1.165, 1.54) is 48.0 Å². The Morgan fingerprint density at radius 3 is 3.24 bits per heavy atom. The van der Waals surface area contributed by atoms with Gasteiger partial charge in [0, 0.05) is 17.3 Å². The first kappa shape index (κ1) is 9.54. The summed E-state index contributed by atoms with van der Waals surface area (Å²) in [5.41, 5.74) is 4.33. The molecule has 0 spiro atoms. The van der Waals surface area contributed by atoms with Crippen molar-refractivity contribution in [2.24, 2.45) is 0 Å². The third-order valence-corrected chi connectivity index (χ3v) is 4.29. The summed E-state index contributed by atoms with van der Waals surface area (Å²) in [7, 11) is 0. The number of phenolic OH excluding ortho intramolecular Hbond substituents is 1. The first-order valence-corrected chi connectivity index (χ1v) is 6.52. The van der Waals surface area contributed by atoms with Gasteiger partial charge in [0.15, 0.2) is 0 Å². The highest BCUT2D eigenvalue weighted by Crippen LogP contribution is 2.37. The number of phenols is 1. The third kappa shape index (κ3) is 1.20. The average molecular weight is 229 g/mol. The number of aromatic hydroxyl groups is 1. The van der Waals surface area contributed by atoms with Gasteiger partial charge in [-0.25, -0.2) is 0 Å². The summed E-state index contributed by atoms with van der Waals surface area (Å²) in [5.74, 6) is 0.391. The number of rotatable bonds is 0. The van der Waals surface area contributed by atoms with Crippen LogP contribution >= 0.6 is 0 Å². The molecule has 2 aromatic rings. The van der Waals surface area contributed by atoms with E-state index in [2.05, 4.69) is 16.0 Å². The van der Waals surface area contributed by atoms with E-state index in [-0.39, 0.29) is 0 Å². The summed E-state index contributed by atoms with van der Waals surface area (Å²) < 4.78 is 2.48. The Kier molecular flexibility index (Phi) is 1.83. The normalized spacial score (nSPS) is 22.7. The molecule has 88 valence electrons. The van der Waals surface area contributed by atoms with Crippen LogP contribution in [-0.2, 0) is 13.0 Å². The highest BCUT2D eigenvalue weighted by Gasteiger charge is 2.32. The molecule has 1 atom stereocenters. The molecule has 0 bridgehead atoms. The van der Waals surface area contributed by atoms with Crippen molar-refractivity contribution >= 4 is 10.9 Å². The zero-order chi connectivity index (χ0) is 11.4. The number of nitrogens with two attached hydrogens (primary N) is 1. The molecule has 2 heterocycles. The third-order valence-electron chi connectivity index (χ3n) is 4.29. The number of quaternary nitrogens is 1. The maximum absolute atomic E-state index is 9.68. The van der Waals surface area contributed by atoms with E-state index in [1.807, 2.05) is 12.1 Å². The van der Waals surface area contributed by atoms with Crippen LogP contribution in [0.15, 0.2) is 18.2 Å². The Bertz CT molecular complexity index is 598. The Morgan fingerprint density at radius 1 is 1.35 bits per heavy atom. The molecule has 1 aromatic carbocycles. The summed E-state index contributed by atoms with van der Waals surface area (Å²) >= 11 is 0. The van der Waals surface area contributed by atoms with Crippen molar-refractivity contribution in [3.63, 3.8) is 0 Å². The van der Waals surface area contributed by atoms with Crippen molar-refractivity contribution in [1.82, 2.24) is 4.57 Å². The van der Waals surface area contributed by atoms with Crippen LogP contribution in [-0.4, -0.2) is 16.2 Å². The zero-order valence-electron chi connectivity index (χ0n) is 9.82. The van der Waals surface area contributed by atoms with Crippen molar-refractivity contribution in [1.29, 1.82) is 0 Å². The van der Waals surface area contributed by atoms with E-state index >= 15 is 0 Å². The number of aromatic nitrogens is 1. The molecule has 0 saturated heterocycles. The van der Waals surface area contributed by atoms with Gasteiger partial charge in [-0.2, -0.15) is 0 Å².